The Morgan fingerprint density at radius 2 is 2.04 bits per heavy atom. The predicted molar refractivity (Wildman–Crippen MR) is 91.8 cm³/mol. The average molecular weight is 321 g/mol. The Hall–Kier alpha value is -2.24. The number of carbonyl (C=O) groups excluding carboxylic acids is 1. The Morgan fingerprint density at radius 1 is 1.26 bits per heavy atom. The smallest absolute Gasteiger partial charge is 0.341 e. The van der Waals surface area contributed by atoms with Crippen molar-refractivity contribution in [2.75, 3.05) is 20.8 Å². The van der Waals surface area contributed by atoms with E-state index in [0.29, 0.717) is 23.8 Å². The van der Waals surface area contributed by atoms with Gasteiger partial charge in [-0.05, 0) is 24.1 Å². The minimum absolute atomic E-state index is 0.393. The molecule has 0 aliphatic heterocycles. The lowest BCUT2D eigenvalue weighted by molar-refractivity contribution is 0.0597. The van der Waals surface area contributed by atoms with Crippen molar-refractivity contribution in [2.24, 2.45) is 10.7 Å². The molecule has 128 valence electrons. The van der Waals surface area contributed by atoms with Crippen LogP contribution in [-0.4, -0.2) is 32.7 Å². The third-order valence-electron chi connectivity index (χ3n) is 3.44. The standard InChI is InChI=1S/C17H27N3O3/c1-4-5-6-7-10-19-17(18)20-12-13-8-9-14(16(21)23-3)15(11-13)22-2/h8-9,11H,4-7,10,12H2,1-3H3,(H3,18,19,20). The zero-order chi connectivity index (χ0) is 17.1. The van der Waals surface area contributed by atoms with E-state index in [1.807, 2.05) is 6.07 Å². The first-order valence-electron chi connectivity index (χ1n) is 7.91. The van der Waals surface area contributed by atoms with Crippen LogP contribution in [0.2, 0.25) is 0 Å². The number of aliphatic imine (C=N–C) groups is 1. The lowest BCUT2D eigenvalue weighted by atomic mass is 10.1. The quantitative estimate of drug-likeness (QED) is 0.316. The molecule has 0 spiro atoms. The number of carbonyl (C=O) groups is 1. The van der Waals surface area contributed by atoms with E-state index in [1.54, 1.807) is 12.1 Å². The van der Waals surface area contributed by atoms with Crippen molar-refractivity contribution in [3.63, 3.8) is 0 Å². The van der Waals surface area contributed by atoms with E-state index < -0.39 is 5.97 Å². The molecule has 1 aromatic carbocycles. The molecule has 23 heavy (non-hydrogen) atoms. The molecule has 0 aliphatic carbocycles. The molecule has 1 rings (SSSR count). The Kier molecular flexibility index (Phi) is 8.57. The van der Waals surface area contributed by atoms with Crippen molar-refractivity contribution >= 4 is 11.9 Å². The molecule has 0 radical (unpaired) electrons. The summed E-state index contributed by atoms with van der Waals surface area (Å²) in [4.78, 5) is 15.9. The second-order valence-corrected chi connectivity index (χ2v) is 5.22. The van der Waals surface area contributed by atoms with Gasteiger partial charge in [0.25, 0.3) is 0 Å². The van der Waals surface area contributed by atoms with Crippen LogP contribution in [0.25, 0.3) is 0 Å². The van der Waals surface area contributed by atoms with Gasteiger partial charge in [0.2, 0.25) is 0 Å². The summed E-state index contributed by atoms with van der Waals surface area (Å²) in [6.07, 6.45) is 4.74. The molecule has 3 N–H and O–H groups in total. The summed E-state index contributed by atoms with van der Waals surface area (Å²) < 4.78 is 9.93. The minimum Gasteiger partial charge on any atom is -0.496 e. The Morgan fingerprint density at radius 3 is 2.70 bits per heavy atom. The summed E-state index contributed by atoms with van der Waals surface area (Å²) in [5.74, 6) is 0.471. The highest BCUT2D eigenvalue weighted by Gasteiger charge is 2.12. The van der Waals surface area contributed by atoms with E-state index in [2.05, 4.69) is 17.2 Å². The molecular formula is C17H27N3O3. The second-order valence-electron chi connectivity index (χ2n) is 5.22. The van der Waals surface area contributed by atoms with E-state index in [-0.39, 0.29) is 0 Å². The first-order chi connectivity index (χ1) is 11.1. The monoisotopic (exact) mass is 321 g/mol. The van der Waals surface area contributed by atoms with Gasteiger partial charge in [0.1, 0.15) is 11.3 Å². The van der Waals surface area contributed by atoms with E-state index in [1.165, 1.54) is 33.5 Å². The van der Waals surface area contributed by atoms with Crippen molar-refractivity contribution in [1.82, 2.24) is 5.32 Å². The van der Waals surface area contributed by atoms with Gasteiger partial charge in [0.15, 0.2) is 5.96 Å². The highest BCUT2D eigenvalue weighted by atomic mass is 16.5. The summed E-state index contributed by atoms with van der Waals surface area (Å²) in [5, 5.41) is 3.10. The van der Waals surface area contributed by atoms with Gasteiger partial charge < -0.3 is 20.5 Å². The Labute approximate surface area is 138 Å². The first-order valence-corrected chi connectivity index (χ1v) is 7.91. The Bertz CT molecular complexity index is 530. The molecule has 6 nitrogen and oxygen atoms in total. The molecule has 1 aromatic rings. The lowest BCUT2D eigenvalue weighted by Crippen LogP contribution is -2.32. The third-order valence-corrected chi connectivity index (χ3v) is 3.44. The number of ether oxygens (including phenoxy) is 2. The molecule has 0 aliphatic rings. The third kappa shape index (κ3) is 6.59. The summed E-state index contributed by atoms with van der Waals surface area (Å²) in [6.45, 7) is 3.44. The minimum atomic E-state index is -0.426. The van der Waals surface area contributed by atoms with Crippen molar-refractivity contribution < 1.29 is 14.3 Å². The molecule has 0 atom stereocenters. The summed E-state index contributed by atoms with van der Waals surface area (Å²) in [7, 11) is 2.86. The number of methoxy groups -OCH3 is 2. The molecule has 0 heterocycles. The number of hydrogen-bond acceptors (Lipinski definition) is 4. The number of hydrogen-bond donors (Lipinski definition) is 2. The van der Waals surface area contributed by atoms with Gasteiger partial charge in [-0.2, -0.15) is 0 Å². The number of nitrogens with one attached hydrogen (secondary N) is 1. The maximum absolute atomic E-state index is 11.6. The van der Waals surface area contributed by atoms with Crippen molar-refractivity contribution in [2.45, 2.75) is 39.2 Å². The summed E-state index contributed by atoms with van der Waals surface area (Å²) in [5.41, 5.74) is 7.14. The number of rotatable bonds is 9. The van der Waals surface area contributed by atoms with E-state index in [9.17, 15) is 4.79 Å². The fourth-order valence-corrected chi connectivity index (χ4v) is 2.11. The van der Waals surface area contributed by atoms with Crippen LogP contribution >= 0.6 is 0 Å². The fraction of sp³-hybridized carbons (Fsp3) is 0.529. The van der Waals surface area contributed by atoms with E-state index in [4.69, 9.17) is 15.2 Å². The van der Waals surface area contributed by atoms with E-state index >= 15 is 0 Å². The molecule has 0 unspecified atom stereocenters. The zero-order valence-electron chi connectivity index (χ0n) is 14.2. The molecule has 0 amide bonds. The van der Waals surface area contributed by atoms with Gasteiger partial charge in [-0.3, -0.25) is 0 Å². The van der Waals surface area contributed by atoms with Crippen LogP contribution in [0, 0.1) is 0 Å². The number of unbranched alkanes of at least 4 members (excludes halogenated alkanes) is 3. The van der Waals surface area contributed by atoms with Crippen LogP contribution in [0.15, 0.2) is 23.2 Å². The highest BCUT2D eigenvalue weighted by molar-refractivity contribution is 5.92. The van der Waals surface area contributed by atoms with Crippen LogP contribution in [0.3, 0.4) is 0 Å². The van der Waals surface area contributed by atoms with Crippen LogP contribution in [-0.2, 0) is 11.3 Å². The van der Waals surface area contributed by atoms with Gasteiger partial charge in [0, 0.05) is 6.54 Å². The lowest BCUT2D eigenvalue weighted by Gasteiger charge is -2.09. The maximum Gasteiger partial charge on any atom is 0.341 e. The van der Waals surface area contributed by atoms with Crippen LogP contribution in [0.4, 0.5) is 0 Å². The second kappa shape index (κ2) is 10.5. The zero-order valence-corrected chi connectivity index (χ0v) is 14.2. The summed E-state index contributed by atoms with van der Waals surface area (Å²) >= 11 is 0. The fourth-order valence-electron chi connectivity index (χ4n) is 2.11. The number of esters is 1. The molecule has 0 saturated heterocycles. The van der Waals surface area contributed by atoms with Crippen LogP contribution in [0.1, 0.15) is 48.5 Å². The van der Waals surface area contributed by atoms with Gasteiger partial charge in [-0.25, -0.2) is 9.79 Å². The molecule has 0 aromatic heterocycles. The number of benzene rings is 1. The van der Waals surface area contributed by atoms with Crippen LogP contribution in [0.5, 0.6) is 5.75 Å². The molecule has 6 heteroatoms. The van der Waals surface area contributed by atoms with Gasteiger partial charge in [-0.15, -0.1) is 0 Å². The average Bonchev–Trinajstić information content (AvgIpc) is 2.58. The SMILES string of the molecule is CCCCCCNC(N)=NCc1ccc(C(=O)OC)c(OC)c1. The van der Waals surface area contributed by atoms with E-state index in [0.717, 1.165) is 18.5 Å². The molecule has 0 fully saturated rings. The maximum atomic E-state index is 11.6. The molecular weight excluding hydrogens is 294 g/mol. The van der Waals surface area contributed by atoms with Crippen LogP contribution < -0.4 is 15.8 Å². The largest absolute Gasteiger partial charge is 0.496 e. The number of nitrogens with zero attached hydrogens (tertiary/aromatic N) is 1. The Balaban J connectivity index is 2.56. The molecule has 0 bridgehead atoms. The van der Waals surface area contributed by atoms with Gasteiger partial charge in [-0.1, -0.05) is 32.3 Å². The van der Waals surface area contributed by atoms with Crippen molar-refractivity contribution in [3.8, 4) is 5.75 Å². The first kappa shape index (κ1) is 18.8. The highest BCUT2D eigenvalue weighted by Crippen LogP contribution is 2.21. The van der Waals surface area contributed by atoms with Crippen molar-refractivity contribution in [3.05, 3.63) is 29.3 Å². The topological polar surface area (TPSA) is 85.9 Å². The number of nitrogens with two attached hydrogens (primary N) is 1. The normalized spacial score (nSPS) is 11.2. The summed E-state index contributed by atoms with van der Waals surface area (Å²) in [6, 6.07) is 5.25. The van der Waals surface area contributed by atoms with Gasteiger partial charge >= 0.3 is 5.97 Å². The van der Waals surface area contributed by atoms with Crippen molar-refractivity contribution in [1.29, 1.82) is 0 Å². The predicted octanol–water partition coefficient (Wildman–Crippen LogP) is 2.47. The molecule has 0 saturated carbocycles. The van der Waals surface area contributed by atoms with Gasteiger partial charge in [0.05, 0.1) is 20.8 Å². The number of guanidine groups is 1.